The van der Waals surface area contributed by atoms with Crippen molar-refractivity contribution in [1.82, 2.24) is 10.6 Å². The number of guanidine groups is 1. The first-order chi connectivity index (χ1) is 13.6. The van der Waals surface area contributed by atoms with Crippen molar-refractivity contribution in [3.05, 3.63) is 35.4 Å². The Labute approximate surface area is 199 Å². The third kappa shape index (κ3) is 7.09. The fraction of sp³-hybridized carbons (Fsp3) is 0.682. The van der Waals surface area contributed by atoms with Gasteiger partial charge in [-0.2, -0.15) is 0 Å². The molecule has 0 atom stereocenters. The van der Waals surface area contributed by atoms with Gasteiger partial charge in [0.25, 0.3) is 0 Å². The van der Waals surface area contributed by atoms with Gasteiger partial charge >= 0.3 is 0 Å². The van der Waals surface area contributed by atoms with Crippen molar-refractivity contribution in [3.8, 4) is 0 Å². The molecule has 1 saturated heterocycles. The lowest BCUT2D eigenvalue weighted by molar-refractivity contribution is 0.0756. The van der Waals surface area contributed by atoms with E-state index >= 15 is 0 Å². The summed E-state index contributed by atoms with van der Waals surface area (Å²) >= 11 is 0. The van der Waals surface area contributed by atoms with Crippen molar-refractivity contribution >= 4 is 39.8 Å². The molecule has 1 aliphatic rings. The Morgan fingerprint density at radius 2 is 1.73 bits per heavy atom. The average molecular weight is 552 g/mol. The number of hydrogen-bond donors (Lipinski definition) is 2. The molecule has 0 amide bonds. The van der Waals surface area contributed by atoms with Crippen LogP contribution in [0.1, 0.15) is 51.7 Å². The molecule has 8 heteroatoms. The van der Waals surface area contributed by atoms with Crippen molar-refractivity contribution in [1.29, 1.82) is 0 Å². The highest BCUT2D eigenvalue weighted by molar-refractivity contribution is 14.0. The quantitative estimate of drug-likeness (QED) is 0.295. The van der Waals surface area contributed by atoms with Crippen LogP contribution in [0.25, 0.3) is 0 Å². The molecule has 6 nitrogen and oxygen atoms in total. The van der Waals surface area contributed by atoms with Crippen LogP contribution in [0, 0.1) is 0 Å². The lowest BCUT2D eigenvalue weighted by atomic mass is 9.84. The first-order valence-corrected chi connectivity index (χ1v) is 12.4. The maximum absolute atomic E-state index is 12.5. The molecule has 1 aromatic rings. The Bertz CT molecular complexity index is 786. The normalized spacial score (nSPS) is 17.2. The van der Waals surface area contributed by atoms with Crippen molar-refractivity contribution in [2.45, 2.75) is 57.1 Å². The maximum Gasteiger partial charge on any atom is 0.191 e. The van der Waals surface area contributed by atoms with Crippen molar-refractivity contribution in [3.63, 3.8) is 0 Å². The van der Waals surface area contributed by atoms with Crippen LogP contribution in [0.3, 0.4) is 0 Å². The Morgan fingerprint density at radius 1 is 1.13 bits per heavy atom. The summed E-state index contributed by atoms with van der Waals surface area (Å²) in [6.45, 7) is 11.1. The van der Waals surface area contributed by atoms with Gasteiger partial charge in [-0.1, -0.05) is 45.0 Å². The van der Waals surface area contributed by atoms with Crippen LogP contribution in [0.2, 0.25) is 0 Å². The SMILES string of the molecule is CCNC(=NCC(C)(C)c1ccc(CC)cc1)NCC1(S(C)(=O)=O)CCOCC1.I. The summed E-state index contributed by atoms with van der Waals surface area (Å²) in [6, 6.07) is 8.70. The number of sulfone groups is 1. The van der Waals surface area contributed by atoms with E-state index in [1.165, 1.54) is 17.4 Å². The minimum atomic E-state index is -3.22. The van der Waals surface area contributed by atoms with E-state index in [0.29, 0.717) is 51.6 Å². The third-order valence-electron chi connectivity index (χ3n) is 5.89. The van der Waals surface area contributed by atoms with Crippen LogP contribution in [-0.2, 0) is 26.4 Å². The van der Waals surface area contributed by atoms with Crippen LogP contribution in [0.5, 0.6) is 0 Å². The van der Waals surface area contributed by atoms with Gasteiger partial charge in [0.2, 0.25) is 0 Å². The number of benzene rings is 1. The summed E-state index contributed by atoms with van der Waals surface area (Å²) in [5.74, 6) is 0.653. The molecule has 0 radical (unpaired) electrons. The average Bonchev–Trinajstić information content (AvgIpc) is 2.70. The zero-order chi connectivity index (χ0) is 21.5. The van der Waals surface area contributed by atoms with Crippen LogP contribution in [0.15, 0.2) is 29.3 Å². The number of hydrogen-bond acceptors (Lipinski definition) is 4. The Morgan fingerprint density at radius 3 is 2.23 bits per heavy atom. The Hall–Kier alpha value is -0.870. The van der Waals surface area contributed by atoms with E-state index in [1.807, 2.05) is 6.92 Å². The molecule has 2 rings (SSSR count). The summed E-state index contributed by atoms with van der Waals surface area (Å²) in [5, 5.41) is 6.53. The van der Waals surface area contributed by atoms with Gasteiger partial charge in [0.05, 0.1) is 11.3 Å². The Kier molecular flexibility index (Phi) is 10.6. The van der Waals surface area contributed by atoms with E-state index in [0.717, 1.165) is 6.42 Å². The van der Waals surface area contributed by atoms with E-state index in [9.17, 15) is 8.42 Å². The highest BCUT2D eigenvalue weighted by atomic mass is 127. The first kappa shape index (κ1) is 27.2. The molecule has 172 valence electrons. The van der Waals surface area contributed by atoms with Gasteiger partial charge < -0.3 is 15.4 Å². The second-order valence-corrected chi connectivity index (χ2v) is 11.0. The summed E-state index contributed by atoms with van der Waals surface area (Å²) in [4.78, 5) is 4.77. The third-order valence-corrected chi connectivity index (χ3v) is 8.01. The maximum atomic E-state index is 12.5. The van der Waals surface area contributed by atoms with E-state index in [4.69, 9.17) is 9.73 Å². The molecule has 1 heterocycles. The van der Waals surface area contributed by atoms with Gasteiger partial charge in [-0.15, -0.1) is 24.0 Å². The van der Waals surface area contributed by atoms with Gasteiger partial charge in [-0.05, 0) is 37.3 Å². The molecule has 1 aromatic carbocycles. The largest absolute Gasteiger partial charge is 0.381 e. The summed E-state index contributed by atoms with van der Waals surface area (Å²) < 4.78 is 29.5. The summed E-state index contributed by atoms with van der Waals surface area (Å²) in [7, 11) is -3.22. The smallest absolute Gasteiger partial charge is 0.191 e. The molecule has 0 aromatic heterocycles. The number of ether oxygens (including phenoxy) is 1. The zero-order valence-electron chi connectivity index (χ0n) is 19.0. The molecule has 1 aliphatic heterocycles. The molecule has 0 saturated carbocycles. The van der Waals surface area contributed by atoms with Gasteiger partial charge in [-0.3, -0.25) is 4.99 Å². The fourth-order valence-corrected chi connectivity index (χ4v) is 4.81. The van der Waals surface area contributed by atoms with Gasteiger partial charge in [0.1, 0.15) is 0 Å². The van der Waals surface area contributed by atoms with Crippen LogP contribution in [0.4, 0.5) is 0 Å². The van der Waals surface area contributed by atoms with E-state index in [1.54, 1.807) is 0 Å². The topological polar surface area (TPSA) is 79.8 Å². The van der Waals surface area contributed by atoms with Crippen molar-refractivity contribution in [2.75, 3.05) is 39.1 Å². The van der Waals surface area contributed by atoms with E-state index in [-0.39, 0.29) is 29.4 Å². The van der Waals surface area contributed by atoms with Gasteiger partial charge in [0.15, 0.2) is 15.8 Å². The molecule has 0 bridgehead atoms. The fourth-order valence-electron chi connectivity index (χ4n) is 3.57. The monoisotopic (exact) mass is 551 g/mol. The van der Waals surface area contributed by atoms with E-state index in [2.05, 4.69) is 55.7 Å². The lowest BCUT2D eigenvalue weighted by Gasteiger charge is -2.36. The minimum absolute atomic E-state index is 0. The van der Waals surface area contributed by atoms with E-state index < -0.39 is 14.6 Å². The second-order valence-electron chi connectivity index (χ2n) is 8.55. The van der Waals surface area contributed by atoms with Gasteiger partial charge in [-0.25, -0.2) is 8.42 Å². The molecule has 0 unspecified atom stereocenters. The summed E-state index contributed by atoms with van der Waals surface area (Å²) in [6.07, 6.45) is 3.37. The highest BCUT2D eigenvalue weighted by Crippen LogP contribution is 2.28. The number of nitrogens with zero attached hydrogens (tertiary/aromatic N) is 1. The molecule has 0 spiro atoms. The molecular weight excluding hydrogens is 513 g/mol. The first-order valence-electron chi connectivity index (χ1n) is 10.5. The molecule has 0 aliphatic carbocycles. The predicted molar refractivity (Wildman–Crippen MR) is 136 cm³/mol. The van der Waals surface area contributed by atoms with Crippen molar-refractivity contribution < 1.29 is 13.2 Å². The number of nitrogens with one attached hydrogen (secondary N) is 2. The predicted octanol–water partition coefficient (Wildman–Crippen LogP) is 3.29. The van der Waals surface area contributed by atoms with Gasteiger partial charge in [0, 0.05) is 38.0 Å². The molecule has 30 heavy (non-hydrogen) atoms. The number of rotatable bonds is 8. The summed E-state index contributed by atoms with van der Waals surface area (Å²) in [5.41, 5.74) is 2.44. The second kappa shape index (κ2) is 11.7. The zero-order valence-corrected chi connectivity index (χ0v) is 22.1. The highest BCUT2D eigenvalue weighted by Gasteiger charge is 2.42. The van der Waals surface area contributed by atoms with Crippen LogP contribution >= 0.6 is 24.0 Å². The number of aliphatic imine (C=N–C) groups is 1. The molecule has 2 N–H and O–H groups in total. The standard InChI is InChI=1S/C22H37N3O3S.HI/c1-6-18-8-10-19(11-9-18)21(3,4)16-24-20(23-7-2)25-17-22(29(5,26)27)12-14-28-15-13-22;/h8-11H,6-7,12-17H2,1-5H3,(H2,23,24,25);1H. The lowest BCUT2D eigenvalue weighted by Crippen LogP contribution is -2.53. The minimum Gasteiger partial charge on any atom is -0.381 e. The van der Waals surface area contributed by atoms with Crippen LogP contribution in [-0.4, -0.2) is 58.2 Å². The molecule has 1 fully saturated rings. The number of aryl methyl sites for hydroxylation is 1. The molecular formula is C22H38IN3O3S. The number of halogens is 1. The van der Waals surface area contributed by atoms with Crippen LogP contribution < -0.4 is 10.6 Å². The Balaban J connectivity index is 0.00000450. The van der Waals surface area contributed by atoms with Crippen molar-refractivity contribution in [2.24, 2.45) is 4.99 Å².